The molecule has 0 aromatic rings. The van der Waals surface area contributed by atoms with Crippen molar-refractivity contribution in [3.63, 3.8) is 0 Å². The average Bonchev–Trinajstić information content (AvgIpc) is 2.73. The second kappa shape index (κ2) is 14.4. The van der Waals surface area contributed by atoms with E-state index in [2.05, 4.69) is 10.6 Å². The Morgan fingerprint density at radius 2 is 1.26 bits per heavy atom. The van der Waals surface area contributed by atoms with Crippen molar-refractivity contribution < 1.29 is 48.9 Å². The third-order valence-electron chi connectivity index (χ3n) is 4.87. The number of carboxylic acids is 3. The third kappa shape index (κ3) is 11.2. The highest BCUT2D eigenvalue weighted by atomic mass is 16.4. The summed E-state index contributed by atoms with van der Waals surface area (Å²) in [5, 5.41) is 33.4. The van der Waals surface area contributed by atoms with E-state index in [9.17, 15) is 33.6 Å². The quantitative estimate of drug-likeness (QED) is 0.109. The Kier molecular flexibility index (Phi) is 12.8. The van der Waals surface area contributed by atoms with E-state index < -0.39 is 91.4 Å². The minimum Gasteiger partial charge on any atom is -0.481 e. The molecule has 0 rings (SSSR count). The van der Waals surface area contributed by atoms with Crippen molar-refractivity contribution in [2.75, 3.05) is 0 Å². The number of carbonyl (C=O) groups excluding carboxylic acids is 4. The molecule has 4 amide bonds. The summed E-state index contributed by atoms with van der Waals surface area (Å²) in [6.45, 7) is 3.47. The van der Waals surface area contributed by atoms with Crippen molar-refractivity contribution in [2.45, 2.75) is 70.1 Å². The zero-order valence-corrected chi connectivity index (χ0v) is 18.8. The molecule has 0 bridgehead atoms. The first kappa shape index (κ1) is 30.2. The lowest BCUT2D eigenvalue weighted by Gasteiger charge is -2.25. The van der Waals surface area contributed by atoms with Gasteiger partial charge in [0.2, 0.25) is 23.6 Å². The largest absolute Gasteiger partial charge is 0.481 e. The molecule has 0 aromatic carbocycles. The predicted molar refractivity (Wildman–Crippen MR) is 114 cm³/mol. The molecule has 34 heavy (non-hydrogen) atoms. The van der Waals surface area contributed by atoms with Crippen LogP contribution in [0.5, 0.6) is 0 Å². The fourth-order valence-corrected chi connectivity index (χ4v) is 2.65. The Hall–Kier alpha value is -3.75. The van der Waals surface area contributed by atoms with Crippen molar-refractivity contribution in [1.29, 1.82) is 0 Å². The van der Waals surface area contributed by atoms with Gasteiger partial charge < -0.3 is 42.7 Å². The number of rotatable bonds is 16. The first-order valence-electron chi connectivity index (χ1n) is 10.3. The molecule has 15 heteroatoms. The van der Waals surface area contributed by atoms with Crippen LogP contribution >= 0.6 is 0 Å². The van der Waals surface area contributed by atoms with Crippen LogP contribution in [0.2, 0.25) is 0 Å². The van der Waals surface area contributed by atoms with E-state index >= 15 is 0 Å². The Bertz CT molecular complexity index is 802. The zero-order chi connectivity index (χ0) is 26.6. The molecular weight excluding hydrogens is 458 g/mol. The van der Waals surface area contributed by atoms with Crippen molar-refractivity contribution in [3.05, 3.63) is 0 Å². The maximum Gasteiger partial charge on any atom is 0.326 e. The van der Waals surface area contributed by atoms with Crippen LogP contribution in [0, 0.1) is 5.92 Å². The Labute approximate surface area is 194 Å². The van der Waals surface area contributed by atoms with Crippen LogP contribution in [0.1, 0.15) is 46.0 Å². The van der Waals surface area contributed by atoms with Gasteiger partial charge in [0.25, 0.3) is 0 Å². The summed E-state index contributed by atoms with van der Waals surface area (Å²) in [6.07, 6.45) is -2.18. The summed E-state index contributed by atoms with van der Waals surface area (Å²) < 4.78 is 0. The van der Waals surface area contributed by atoms with Crippen molar-refractivity contribution in [3.8, 4) is 0 Å². The molecular formula is C19H31N5O10. The van der Waals surface area contributed by atoms with Gasteiger partial charge in [-0.2, -0.15) is 0 Å². The number of hydrogen-bond acceptors (Lipinski definition) is 8. The van der Waals surface area contributed by atoms with Gasteiger partial charge in [-0.15, -0.1) is 0 Å². The first-order chi connectivity index (χ1) is 15.7. The normalized spacial score (nSPS) is 15.0. The van der Waals surface area contributed by atoms with Crippen LogP contribution in [0.3, 0.4) is 0 Å². The summed E-state index contributed by atoms with van der Waals surface area (Å²) in [6, 6.07) is -6.10. The van der Waals surface area contributed by atoms with E-state index in [0.29, 0.717) is 6.42 Å². The smallest absolute Gasteiger partial charge is 0.326 e. The Morgan fingerprint density at radius 3 is 1.71 bits per heavy atom. The van der Waals surface area contributed by atoms with Gasteiger partial charge in [-0.25, -0.2) is 4.79 Å². The van der Waals surface area contributed by atoms with Gasteiger partial charge in [0.15, 0.2) is 0 Å². The van der Waals surface area contributed by atoms with Crippen LogP contribution in [0.4, 0.5) is 0 Å². The summed E-state index contributed by atoms with van der Waals surface area (Å²) in [4.78, 5) is 81.9. The van der Waals surface area contributed by atoms with Crippen molar-refractivity contribution >= 4 is 41.5 Å². The fraction of sp³-hybridized carbons (Fsp3) is 0.632. The minimum atomic E-state index is -1.81. The van der Waals surface area contributed by atoms with Crippen LogP contribution in [-0.4, -0.2) is 81.0 Å². The van der Waals surface area contributed by atoms with Gasteiger partial charge >= 0.3 is 17.9 Å². The lowest BCUT2D eigenvalue weighted by atomic mass is 9.98. The third-order valence-corrected chi connectivity index (χ3v) is 4.87. The summed E-state index contributed by atoms with van der Waals surface area (Å²) in [7, 11) is 0. The number of amides is 4. The van der Waals surface area contributed by atoms with Crippen LogP contribution < -0.4 is 27.4 Å². The Balaban J connectivity index is 5.64. The Morgan fingerprint density at radius 1 is 0.765 bits per heavy atom. The molecule has 0 saturated heterocycles. The zero-order valence-electron chi connectivity index (χ0n) is 18.8. The van der Waals surface area contributed by atoms with Gasteiger partial charge in [-0.3, -0.25) is 28.8 Å². The highest BCUT2D eigenvalue weighted by Crippen LogP contribution is 2.08. The molecule has 0 aliphatic rings. The predicted octanol–water partition coefficient (Wildman–Crippen LogP) is -2.89. The SMILES string of the molecule is CCC(C)C(N)C(=O)NC(CCC(=O)O)C(=O)NC(CC(=O)O)C(=O)NC(CC(N)=O)C(=O)O. The molecule has 0 heterocycles. The molecule has 0 aliphatic carbocycles. The summed E-state index contributed by atoms with van der Waals surface area (Å²) >= 11 is 0. The number of carbonyl (C=O) groups is 7. The number of carboxylic acid groups (broad SMARTS) is 3. The number of nitrogens with two attached hydrogens (primary N) is 2. The monoisotopic (exact) mass is 489 g/mol. The highest BCUT2D eigenvalue weighted by molar-refractivity contribution is 5.96. The van der Waals surface area contributed by atoms with Crippen molar-refractivity contribution in [1.82, 2.24) is 16.0 Å². The summed E-state index contributed by atoms with van der Waals surface area (Å²) in [5.41, 5.74) is 10.7. The first-order valence-corrected chi connectivity index (χ1v) is 10.3. The van der Waals surface area contributed by atoms with Gasteiger partial charge in [-0.1, -0.05) is 20.3 Å². The molecule has 0 fully saturated rings. The molecule has 0 saturated carbocycles. The van der Waals surface area contributed by atoms with Crippen LogP contribution in [0.25, 0.3) is 0 Å². The van der Waals surface area contributed by atoms with Crippen molar-refractivity contribution in [2.24, 2.45) is 17.4 Å². The number of nitrogens with one attached hydrogen (secondary N) is 3. The highest BCUT2D eigenvalue weighted by Gasteiger charge is 2.32. The maximum atomic E-state index is 12.7. The molecule has 10 N–H and O–H groups in total. The van der Waals surface area contributed by atoms with E-state index in [1.807, 2.05) is 5.32 Å². The lowest BCUT2D eigenvalue weighted by Crippen LogP contribution is -2.58. The summed E-state index contributed by atoms with van der Waals surface area (Å²) in [5.74, 6) is -8.86. The van der Waals surface area contributed by atoms with Gasteiger partial charge in [0.05, 0.1) is 18.9 Å². The molecule has 0 aromatic heterocycles. The number of hydrogen-bond donors (Lipinski definition) is 8. The van der Waals surface area contributed by atoms with Crippen LogP contribution in [-0.2, 0) is 33.6 Å². The number of primary amides is 1. The van der Waals surface area contributed by atoms with E-state index in [4.69, 9.17) is 26.8 Å². The van der Waals surface area contributed by atoms with E-state index in [1.54, 1.807) is 13.8 Å². The lowest BCUT2D eigenvalue weighted by molar-refractivity contribution is -0.144. The molecule has 0 aliphatic heterocycles. The van der Waals surface area contributed by atoms with E-state index in [1.165, 1.54) is 0 Å². The molecule has 192 valence electrons. The van der Waals surface area contributed by atoms with E-state index in [-0.39, 0.29) is 5.92 Å². The molecule has 5 atom stereocenters. The molecule has 5 unspecified atom stereocenters. The second-order valence-electron chi connectivity index (χ2n) is 7.63. The average molecular weight is 489 g/mol. The topological polar surface area (TPSA) is 268 Å². The molecule has 15 nitrogen and oxygen atoms in total. The number of aliphatic carboxylic acids is 3. The van der Waals surface area contributed by atoms with Gasteiger partial charge in [0.1, 0.15) is 18.1 Å². The molecule has 0 radical (unpaired) electrons. The van der Waals surface area contributed by atoms with E-state index in [0.717, 1.165) is 0 Å². The minimum absolute atomic E-state index is 0.271. The standard InChI is InChI=1S/C19H31N5O10/c1-3-8(2)15(21)18(32)22-9(4-5-13(26)27)16(30)23-10(7-14(28)29)17(31)24-11(19(33)34)6-12(20)25/h8-11,15H,3-7,21H2,1-2H3,(H2,20,25)(H,22,32)(H,23,30)(H,24,31)(H,26,27)(H,28,29)(H,33,34). The second-order valence-corrected chi connectivity index (χ2v) is 7.63. The molecule has 0 spiro atoms. The van der Waals surface area contributed by atoms with Gasteiger partial charge in [0, 0.05) is 6.42 Å². The van der Waals surface area contributed by atoms with Gasteiger partial charge in [-0.05, 0) is 12.3 Å². The van der Waals surface area contributed by atoms with Crippen LogP contribution in [0.15, 0.2) is 0 Å². The maximum absolute atomic E-state index is 12.7. The fourth-order valence-electron chi connectivity index (χ4n) is 2.65.